The minimum absolute atomic E-state index is 0.0819. The number of aromatic nitrogens is 2. The predicted octanol–water partition coefficient (Wildman–Crippen LogP) is 2.95. The van der Waals surface area contributed by atoms with Gasteiger partial charge in [-0.1, -0.05) is 13.8 Å². The summed E-state index contributed by atoms with van der Waals surface area (Å²) in [6, 6.07) is 0. The SMILES string of the molecule is CNc1nc(C(C)OC)nc(C(C)C)c1I. The Morgan fingerprint density at radius 2 is 1.88 bits per heavy atom. The first-order valence-corrected chi connectivity index (χ1v) is 6.37. The van der Waals surface area contributed by atoms with Gasteiger partial charge >= 0.3 is 0 Å². The Balaban J connectivity index is 3.28. The summed E-state index contributed by atoms with van der Waals surface area (Å²) in [6.07, 6.45) is -0.0819. The van der Waals surface area contributed by atoms with Crippen LogP contribution in [0.25, 0.3) is 0 Å². The van der Waals surface area contributed by atoms with Gasteiger partial charge in [-0.25, -0.2) is 9.97 Å². The minimum Gasteiger partial charge on any atom is -0.374 e. The summed E-state index contributed by atoms with van der Waals surface area (Å²) < 4.78 is 6.34. The van der Waals surface area contributed by atoms with E-state index in [-0.39, 0.29) is 6.10 Å². The van der Waals surface area contributed by atoms with Crippen molar-refractivity contribution < 1.29 is 4.74 Å². The van der Waals surface area contributed by atoms with Crippen LogP contribution in [0.1, 0.15) is 44.3 Å². The van der Waals surface area contributed by atoms with E-state index >= 15 is 0 Å². The van der Waals surface area contributed by atoms with Gasteiger partial charge in [-0.3, -0.25) is 0 Å². The molecule has 0 fully saturated rings. The fraction of sp³-hybridized carbons (Fsp3) is 0.636. The van der Waals surface area contributed by atoms with E-state index in [0.717, 1.165) is 20.9 Å². The van der Waals surface area contributed by atoms with Gasteiger partial charge in [0.2, 0.25) is 0 Å². The number of hydrogen-bond acceptors (Lipinski definition) is 4. The molecule has 0 saturated heterocycles. The van der Waals surface area contributed by atoms with Crippen LogP contribution in [0, 0.1) is 3.57 Å². The van der Waals surface area contributed by atoms with Crippen LogP contribution in [0.2, 0.25) is 0 Å². The first kappa shape index (κ1) is 13.6. The number of hydrogen-bond donors (Lipinski definition) is 1. The highest BCUT2D eigenvalue weighted by Gasteiger charge is 2.17. The molecule has 1 rings (SSSR count). The number of anilines is 1. The molecule has 90 valence electrons. The van der Waals surface area contributed by atoms with Gasteiger partial charge < -0.3 is 10.1 Å². The van der Waals surface area contributed by atoms with E-state index < -0.39 is 0 Å². The topological polar surface area (TPSA) is 47.0 Å². The number of nitrogens with zero attached hydrogens (tertiary/aromatic N) is 2. The smallest absolute Gasteiger partial charge is 0.159 e. The van der Waals surface area contributed by atoms with Crippen LogP contribution >= 0.6 is 22.6 Å². The highest BCUT2D eigenvalue weighted by Crippen LogP contribution is 2.26. The van der Waals surface area contributed by atoms with Crippen molar-refractivity contribution >= 4 is 28.4 Å². The van der Waals surface area contributed by atoms with Crippen molar-refractivity contribution in [1.82, 2.24) is 9.97 Å². The zero-order valence-electron chi connectivity index (χ0n) is 10.3. The Labute approximate surface area is 110 Å². The zero-order chi connectivity index (χ0) is 12.3. The van der Waals surface area contributed by atoms with Crippen LogP contribution < -0.4 is 5.32 Å². The first-order chi connectivity index (χ1) is 7.51. The van der Waals surface area contributed by atoms with Crippen molar-refractivity contribution in [3.8, 4) is 0 Å². The Morgan fingerprint density at radius 3 is 2.31 bits per heavy atom. The van der Waals surface area contributed by atoms with E-state index in [4.69, 9.17) is 4.74 Å². The molecule has 0 bridgehead atoms. The zero-order valence-corrected chi connectivity index (χ0v) is 12.5. The number of halogens is 1. The highest BCUT2D eigenvalue weighted by atomic mass is 127. The van der Waals surface area contributed by atoms with Crippen molar-refractivity contribution in [2.45, 2.75) is 32.8 Å². The normalized spacial score (nSPS) is 12.9. The molecule has 1 unspecified atom stereocenters. The van der Waals surface area contributed by atoms with Gasteiger partial charge in [0, 0.05) is 14.2 Å². The number of ether oxygens (including phenoxy) is 1. The summed E-state index contributed by atoms with van der Waals surface area (Å²) in [7, 11) is 3.54. The van der Waals surface area contributed by atoms with Crippen molar-refractivity contribution in [2.75, 3.05) is 19.5 Å². The maximum atomic E-state index is 5.26. The average molecular weight is 335 g/mol. The fourth-order valence-electron chi connectivity index (χ4n) is 1.32. The Bertz CT molecular complexity index is 368. The van der Waals surface area contributed by atoms with E-state index in [9.17, 15) is 0 Å². The fourth-order valence-corrected chi connectivity index (χ4v) is 2.45. The molecule has 1 aromatic rings. The van der Waals surface area contributed by atoms with Crippen LogP contribution in [0.3, 0.4) is 0 Å². The summed E-state index contributed by atoms with van der Waals surface area (Å²) in [6.45, 7) is 6.21. The number of rotatable bonds is 4. The van der Waals surface area contributed by atoms with Gasteiger partial charge in [0.05, 0.1) is 9.26 Å². The lowest BCUT2D eigenvalue weighted by atomic mass is 10.1. The largest absolute Gasteiger partial charge is 0.374 e. The number of nitrogens with one attached hydrogen (secondary N) is 1. The van der Waals surface area contributed by atoms with Crippen LogP contribution in [0.15, 0.2) is 0 Å². The third-order valence-electron chi connectivity index (χ3n) is 2.39. The minimum atomic E-state index is -0.0819. The molecular weight excluding hydrogens is 317 g/mol. The molecule has 0 aliphatic carbocycles. The molecule has 0 amide bonds. The van der Waals surface area contributed by atoms with Crippen LogP contribution in [0.5, 0.6) is 0 Å². The van der Waals surface area contributed by atoms with E-state index in [0.29, 0.717) is 5.92 Å². The molecule has 4 nitrogen and oxygen atoms in total. The molecule has 1 heterocycles. The molecule has 0 aliphatic heterocycles. The van der Waals surface area contributed by atoms with E-state index in [2.05, 4.69) is 51.7 Å². The van der Waals surface area contributed by atoms with Crippen LogP contribution in [-0.2, 0) is 4.74 Å². The molecule has 1 aromatic heterocycles. The quantitative estimate of drug-likeness (QED) is 0.860. The lowest BCUT2D eigenvalue weighted by Crippen LogP contribution is -2.11. The van der Waals surface area contributed by atoms with E-state index in [1.807, 2.05) is 14.0 Å². The van der Waals surface area contributed by atoms with Crippen molar-refractivity contribution in [1.29, 1.82) is 0 Å². The molecule has 0 aliphatic rings. The van der Waals surface area contributed by atoms with Crippen LogP contribution in [0.4, 0.5) is 5.82 Å². The van der Waals surface area contributed by atoms with Gasteiger partial charge in [-0.2, -0.15) is 0 Å². The van der Waals surface area contributed by atoms with Crippen molar-refractivity contribution in [3.63, 3.8) is 0 Å². The maximum absolute atomic E-state index is 5.26. The number of methoxy groups -OCH3 is 1. The van der Waals surface area contributed by atoms with Gasteiger partial charge in [-0.15, -0.1) is 0 Å². The molecule has 0 spiro atoms. The van der Waals surface area contributed by atoms with Gasteiger partial charge in [0.1, 0.15) is 11.9 Å². The van der Waals surface area contributed by atoms with Gasteiger partial charge in [0.15, 0.2) is 5.82 Å². The standard InChI is InChI=1S/C11H18IN3O/c1-6(2)9-8(12)11(13-4)15-10(14-9)7(3)16-5/h6-7H,1-5H3,(H,13,14,15). The molecule has 1 N–H and O–H groups in total. The Morgan fingerprint density at radius 1 is 1.25 bits per heavy atom. The molecular formula is C11H18IN3O. The maximum Gasteiger partial charge on any atom is 0.159 e. The Kier molecular flexibility index (Phi) is 4.91. The molecule has 1 atom stereocenters. The molecule has 16 heavy (non-hydrogen) atoms. The molecule has 0 saturated carbocycles. The summed E-state index contributed by atoms with van der Waals surface area (Å²) in [5.41, 5.74) is 1.07. The second kappa shape index (κ2) is 5.77. The lowest BCUT2D eigenvalue weighted by molar-refractivity contribution is 0.112. The average Bonchev–Trinajstić information content (AvgIpc) is 2.27. The van der Waals surface area contributed by atoms with Gasteiger partial charge in [-0.05, 0) is 35.4 Å². The molecule has 0 radical (unpaired) electrons. The summed E-state index contributed by atoms with van der Waals surface area (Å²) in [5, 5.41) is 3.10. The summed E-state index contributed by atoms with van der Waals surface area (Å²) >= 11 is 2.28. The Hall–Kier alpha value is -0.430. The van der Waals surface area contributed by atoms with Crippen molar-refractivity contribution in [2.24, 2.45) is 0 Å². The summed E-state index contributed by atoms with van der Waals surface area (Å²) in [5.74, 6) is 1.99. The second-order valence-corrected chi connectivity index (χ2v) is 4.99. The third-order valence-corrected chi connectivity index (χ3v) is 3.46. The third kappa shape index (κ3) is 2.82. The van der Waals surface area contributed by atoms with Crippen LogP contribution in [-0.4, -0.2) is 24.1 Å². The predicted molar refractivity (Wildman–Crippen MR) is 73.8 cm³/mol. The van der Waals surface area contributed by atoms with E-state index in [1.165, 1.54) is 0 Å². The van der Waals surface area contributed by atoms with Gasteiger partial charge in [0.25, 0.3) is 0 Å². The summed E-state index contributed by atoms with van der Waals surface area (Å²) in [4.78, 5) is 9.02. The molecule has 0 aromatic carbocycles. The van der Waals surface area contributed by atoms with E-state index in [1.54, 1.807) is 7.11 Å². The molecule has 5 heteroatoms. The highest BCUT2D eigenvalue weighted by molar-refractivity contribution is 14.1. The monoisotopic (exact) mass is 335 g/mol. The lowest BCUT2D eigenvalue weighted by Gasteiger charge is -2.15. The first-order valence-electron chi connectivity index (χ1n) is 5.29. The van der Waals surface area contributed by atoms with Crippen molar-refractivity contribution in [3.05, 3.63) is 15.1 Å². The second-order valence-electron chi connectivity index (χ2n) is 3.91.